The smallest absolute Gasteiger partial charge is 0.160 e. The van der Waals surface area contributed by atoms with Gasteiger partial charge in [-0.15, -0.1) is 0 Å². The predicted octanol–water partition coefficient (Wildman–Crippen LogP) is 1.88. The molecular formula is C11H9NO2. The highest BCUT2D eigenvalue weighted by molar-refractivity contribution is 6.01. The lowest BCUT2D eigenvalue weighted by molar-refractivity contribution is 0.100. The molecule has 0 radical (unpaired) electrons. The molecule has 0 fully saturated rings. The summed E-state index contributed by atoms with van der Waals surface area (Å²) >= 11 is 0. The minimum absolute atomic E-state index is 0.167. The highest BCUT2D eigenvalue weighted by Crippen LogP contribution is 2.15. The molecule has 14 heavy (non-hydrogen) atoms. The fourth-order valence-electron chi connectivity index (χ4n) is 1.25. The van der Waals surface area contributed by atoms with Crippen LogP contribution < -0.4 is 0 Å². The molecular weight excluding hydrogens is 178 g/mol. The number of benzene rings is 1. The van der Waals surface area contributed by atoms with Crippen LogP contribution in [0.3, 0.4) is 0 Å². The van der Waals surface area contributed by atoms with Gasteiger partial charge in [-0.1, -0.05) is 0 Å². The van der Waals surface area contributed by atoms with E-state index < -0.39 is 0 Å². The number of nitrogens with zero attached hydrogens (tertiary/aromatic N) is 1. The first-order valence-electron chi connectivity index (χ1n) is 4.11. The monoisotopic (exact) mass is 187 g/mol. The molecule has 0 aliphatic carbocycles. The van der Waals surface area contributed by atoms with Gasteiger partial charge < -0.3 is 0 Å². The van der Waals surface area contributed by atoms with Gasteiger partial charge in [0.15, 0.2) is 12.1 Å². The normalized spacial score (nSPS) is 9.21. The van der Waals surface area contributed by atoms with Gasteiger partial charge in [0.1, 0.15) is 0 Å². The molecule has 0 bridgehead atoms. The number of aryl methyl sites for hydroxylation is 1. The van der Waals surface area contributed by atoms with Crippen LogP contribution >= 0.6 is 0 Å². The van der Waals surface area contributed by atoms with Gasteiger partial charge >= 0.3 is 0 Å². The lowest BCUT2D eigenvalue weighted by Gasteiger charge is -2.03. The Morgan fingerprint density at radius 2 is 2.14 bits per heavy atom. The van der Waals surface area contributed by atoms with E-state index in [2.05, 4.69) is 0 Å². The minimum atomic E-state index is -0.167. The van der Waals surface area contributed by atoms with Crippen LogP contribution in [0.25, 0.3) is 0 Å². The van der Waals surface area contributed by atoms with Crippen LogP contribution in [0, 0.1) is 18.3 Å². The van der Waals surface area contributed by atoms with E-state index in [-0.39, 0.29) is 11.3 Å². The predicted molar refractivity (Wildman–Crippen MR) is 51.3 cm³/mol. The zero-order chi connectivity index (χ0) is 10.7. The first-order chi connectivity index (χ1) is 6.60. The van der Waals surface area contributed by atoms with Gasteiger partial charge in [0, 0.05) is 11.1 Å². The zero-order valence-electron chi connectivity index (χ0n) is 8.00. The average molecular weight is 187 g/mol. The average Bonchev–Trinajstić information content (AvgIpc) is 2.17. The lowest BCUT2D eigenvalue weighted by Crippen LogP contribution is -2.01. The Labute approximate surface area is 82.0 Å². The Balaban J connectivity index is 3.48. The van der Waals surface area contributed by atoms with Crippen molar-refractivity contribution in [2.75, 3.05) is 0 Å². The van der Waals surface area contributed by atoms with E-state index in [9.17, 15) is 9.59 Å². The molecule has 0 N–H and O–H groups in total. The number of aldehydes is 1. The van der Waals surface area contributed by atoms with Crippen molar-refractivity contribution < 1.29 is 9.59 Å². The molecule has 3 nitrogen and oxygen atoms in total. The standard InChI is InChI=1S/C11H9NO2/c1-7-3-11(8(2)14)10(6-13)4-9(7)5-12/h3-4,6H,1-2H3. The number of Topliss-reactive ketones (excluding diaryl/α,β-unsaturated/α-hetero) is 1. The fraction of sp³-hybridized carbons (Fsp3) is 0.182. The van der Waals surface area contributed by atoms with E-state index in [1.165, 1.54) is 13.0 Å². The Bertz CT molecular complexity index is 441. The topological polar surface area (TPSA) is 57.9 Å². The molecule has 0 atom stereocenters. The molecule has 0 aromatic heterocycles. The van der Waals surface area contributed by atoms with Crippen LogP contribution in [0.5, 0.6) is 0 Å². The Morgan fingerprint density at radius 1 is 1.50 bits per heavy atom. The number of ketones is 1. The van der Waals surface area contributed by atoms with Crippen LogP contribution in [-0.4, -0.2) is 12.1 Å². The maximum Gasteiger partial charge on any atom is 0.160 e. The van der Waals surface area contributed by atoms with E-state index in [1.807, 2.05) is 6.07 Å². The third-order valence-electron chi connectivity index (χ3n) is 2.02. The number of hydrogen-bond acceptors (Lipinski definition) is 3. The third kappa shape index (κ3) is 1.69. The van der Waals surface area contributed by atoms with Gasteiger partial charge in [-0.3, -0.25) is 9.59 Å². The molecule has 1 aromatic rings. The largest absolute Gasteiger partial charge is 0.298 e. The Hall–Kier alpha value is -1.95. The minimum Gasteiger partial charge on any atom is -0.298 e. The van der Waals surface area contributed by atoms with E-state index in [4.69, 9.17) is 5.26 Å². The quantitative estimate of drug-likeness (QED) is 0.524. The van der Waals surface area contributed by atoms with Gasteiger partial charge in [-0.05, 0) is 31.5 Å². The second-order valence-corrected chi connectivity index (χ2v) is 3.04. The van der Waals surface area contributed by atoms with Crippen molar-refractivity contribution in [1.82, 2.24) is 0 Å². The van der Waals surface area contributed by atoms with Crippen molar-refractivity contribution in [3.8, 4) is 6.07 Å². The van der Waals surface area contributed by atoms with E-state index >= 15 is 0 Å². The summed E-state index contributed by atoms with van der Waals surface area (Å²) in [6, 6.07) is 4.98. The van der Waals surface area contributed by atoms with Crippen molar-refractivity contribution in [1.29, 1.82) is 5.26 Å². The Morgan fingerprint density at radius 3 is 2.57 bits per heavy atom. The molecule has 0 saturated heterocycles. The molecule has 0 saturated carbocycles. The zero-order valence-corrected chi connectivity index (χ0v) is 8.00. The van der Waals surface area contributed by atoms with Gasteiger partial charge in [-0.2, -0.15) is 5.26 Å². The van der Waals surface area contributed by atoms with Crippen LogP contribution in [-0.2, 0) is 0 Å². The molecule has 0 amide bonds. The summed E-state index contributed by atoms with van der Waals surface area (Å²) in [7, 11) is 0. The summed E-state index contributed by atoms with van der Waals surface area (Å²) in [5.41, 5.74) is 1.79. The first-order valence-corrected chi connectivity index (χ1v) is 4.11. The van der Waals surface area contributed by atoms with Crippen molar-refractivity contribution in [2.24, 2.45) is 0 Å². The molecule has 0 aliphatic rings. The summed E-state index contributed by atoms with van der Waals surface area (Å²) in [4.78, 5) is 21.8. The van der Waals surface area contributed by atoms with E-state index in [0.29, 0.717) is 23.0 Å². The van der Waals surface area contributed by atoms with Gasteiger partial charge in [0.25, 0.3) is 0 Å². The molecule has 0 unspecified atom stereocenters. The SMILES string of the molecule is CC(=O)c1cc(C)c(C#N)cc1C=O. The molecule has 1 aromatic carbocycles. The molecule has 70 valence electrons. The van der Waals surface area contributed by atoms with Gasteiger partial charge in [0.2, 0.25) is 0 Å². The van der Waals surface area contributed by atoms with Crippen molar-refractivity contribution in [3.63, 3.8) is 0 Å². The molecule has 1 rings (SSSR count). The second kappa shape index (κ2) is 3.84. The summed E-state index contributed by atoms with van der Waals surface area (Å²) in [6.45, 7) is 3.13. The number of rotatable bonds is 2. The van der Waals surface area contributed by atoms with Gasteiger partial charge in [0.05, 0.1) is 11.6 Å². The van der Waals surface area contributed by atoms with Crippen molar-refractivity contribution in [2.45, 2.75) is 13.8 Å². The number of carbonyl (C=O) groups excluding carboxylic acids is 2. The van der Waals surface area contributed by atoms with Crippen LogP contribution in [0.15, 0.2) is 12.1 Å². The molecule has 0 heterocycles. The van der Waals surface area contributed by atoms with Gasteiger partial charge in [-0.25, -0.2) is 0 Å². The third-order valence-corrected chi connectivity index (χ3v) is 2.02. The second-order valence-electron chi connectivity index (χ2n) is 3.04. The van der Waals surface area contributed by atoms with Crippen molar-refractivity contribution >= 4 is 12.1 Å². The molecule has 3 heteroatoms. The fourth-order valence-corrected chi connectivity index (χ4v) is 1.25. The molecule has 0 aliphatic heterocycles. The number of hydrogen-bond donors (Lipinski definition) is 0. The van der Waals surface area contributed by atoms with Crippen LogP contribution in [0.1, 0.15) is 38.8 Å². The van der Waals surface area contributed by atoms with E-state index in [0.717, 1.165) is 0 Å². The molecule has 0 spiro atoms. The van der Waals surface area contributed by atoms with Crippen LogP contribution in [0.4, 0.5) is 0 Å². The number of carbonyl (C=O) groups is 2. The van der Waals surface area contributed by atoms with Crippen molar-refractivity contribution in [3.05, 3.63) is 34.4 Å². The highest BCUT2D eigenvalue weighted by Gasteiger charge is 2.09. The summed E-state index contributed by atoms with van der Waals surface area (Å²) in [5.74, 6) is -0.167. The maximum absolute atomic E-state index is 11.1. The summed E-state index contributed by atoms with van der Waals surface area (Å²) < 4.78 is 0. The number of nitriles is 1. The van der Waals surface area contributed by atoms with Crippen LogP contribution in [0.2, 0.25) is 0 Å². The Kier molecular flexibility index (Phi) is 2.78. The summed E-state index contributed by atoms with van der Waals surface area (Å²) in [6.07, 6.45) is 0.594. The summed E-state index contributed by atoms with van der Waals surface area (Å²) in [5, 5.41) is 8.72. The van der Waals surface area contributed by atoms with E-state index in [1.54, 1.807) is 13.0 Å². The highest BCUT2D eigenvalue weighted by atomic mass is 16.1. The lowest BCUT2D eigenvalue weighted by atomic mass is 9.98. The maximum atomic E-state index is 11.1. The first kappa shape index (κ1) is 10.1.